The maximum Gasteiger partial charge on any atom is 1.00 e. The van der Waals surface area contributed by atoms with Crippen molar-refractivity contribution in [3.05, 3.63) is 40.2 Å². The van der Waals surface area contributed by atoms with Crippen LogP contribution in [0.3, 0.4) is 0 Å². The van der Waals surface area contributed by atoms with E-state index in [1.807, 2.05) is 11.8 Å². The minimum atomic E-state index is -2.01. The summed E-state index contributed by atoms with van der Waals surface area (Å²) in [5.41, 5.74) is 0. The first-order valence-electron chi connectivity index (χ1n) is 12.3. The SMILES string of the molecule is CCC[CH2][Al-]([CH2]C(C)C)([CH2]C(C)C)/[C](=C/COC1CCCCO1)Sc1ccccc1.[Li+]. The first-order valence-corrected chi connectivity index (χ1v) is 16.2. The Morgan fingerprint density at radius 3 is 2.35 bits per heavy atom. The average Bonchev–Trinajstić information content (AvgIpc) is 2.72. The zero-order valence-electron chi connectivity index (χ0n) is 21.1. The molecule has 0 saturated carbocycles. The Bertz CT molecular complexity index is 605. The van der Waals surface area contributed by atoms with E-state index in [1.165, 1.54) is 46.4 Å². The van der Waals surface area contributed by atoms with Gasteiger partial charge in [0.05, 0.1) is 6.61 Å². The second kappa shape index (κ2) is 16.1. The van der Waals surface area contributed by atoms with Crippen molar-refractivity contribution in [2.45, 2.75) is 93.8 Å². The molecule has 0 bridgehead atoms. The standard InChI is InChI=1S/C14H17O2S.3C4H9.Al.Li/c1-2-7-13(8-3-1)17-12-6-11-16-14-9-4-5-10-15-14;2*1-4(2)3;1-3-4-2;;/h1-3,6-8,14H,4-5,9-11H2;2*4H,1H2,2-3H3;1,3-4H2,2H3;;/q;;;;-1;+1. The van der Waals surface area contributed by atoms with Crippen molar-refractivity contribution < 1.29 is 28.3 Å². The summed E-state index contributed by atoms with van der Waals surface area (Å²) in [6.07, 6.45) is 8.51. The summed E-state index contributed by atoms with van der Waals surface area (Å²) in [5.74, 6) is 1.49. The number of unbranched alkanes of at least 4 members (excludes halogenated alkanes) is 1. The van der Waals surface area contributed by atoms with Gasteiger partial charge in [0, 0.05) is 11.5 Å². The fourth-order valence-corrected chi connectivity index (χ4v) is 15.1. The van der Waals surface area contributed by atoms with Crippen LogP contribution < -0.4 is 18.9 Å². The number of ether oxygens (including phenoxy) is 2. The molecule has 0 radical (unpaired) electrons. The van der Waals surface area contributed by atoms with E-state index in [0.717, 1.165) is 24.9 Å². The van der Waals surface area contributed by atoms with Gasteiger partial charge in [0.2, 0.25) is 0 Å². The topological polar surface area (TPSA) is 18.5 Å². The Kier molecular flexibility index (Phi) is 15.2. The Labute approximate surface area is 211 Å². The summed E-state index contributed by atoms with van der Waals surface area (Å²) in [5, 5.41) is 4.22. The van der Waals surface area contributed by atoms with Gasteiger partial charge in [-0.2, -0.15) is 19.6 Å². The minimum Gasteiger partial charge on any atom is -0.353 e. The number of thioether (sulfide) groups is 1. The van der Waals surface area contributed by atoms with Crippen molar-refractivity contribution in [1.82, 2.24) is 0 Å². The predicted octanol–water partition coefficient (Wildman–Crippen LogP) is 5.31. The van der Waals surface area contributed by atoms with Crippen LogP contribution in [0, 0.1) is 11.8 Å². The molecule has 0 spiro atoms. The van der Waals surface area contributed by atoms with Gasteiger partial charge in [0.1, 0.15) is 0 Å². The third kappa shape index (κ3) is 10.9. The molecule has 2 rings (SSSR count). The van der Waals surface area contributed by atoms with Gasteiger partial charge >= 0.3 is 18.9 Å². The molecule has 1 aliphatic rings. The first kappa shape index (κ1) is 29.4. The zero-order valence-corrected chi connectivity index (χ0v) is 23.0. The molecule has 1 heterocycles. The fraction of sp³-hybridized carbons (Fsp3) is 0.692. The monoisotopic (exact) mass is 454 g/mol. The maximum atomic E-state index is 6.18. The van der Waals surface area contributed by atoms with Crippen LogP contribution in [-0.4, -0.2) is 32.6 Å². The summed E-state index contributed by atoms with van der Waals surface area (Å²) >= 11 is 0.0215. The van der Waals surface area contributed by atoms with Crippen molar-refractivity contribution in [3.8, 4) is 0 Å². The van der Waals surface area contributed by atoms with E-state index in [4.69, 9.17) is 9.47 Å². The molecule has 0 aliphatic carbocycles. The second-order valence-electron chi connectivity index (χ2n) is 10.0. The Hall–Kier alpha value is 0.360. The molecule has 31 heavy (non-hydrogen) atoms. The van der Waals surface area contributed by atoms with Crippen molar-refractivity contribution in [2.24, 2.45) is 11.8 Å². The smallest absolute Gasteiger partial charge is 0.353 e. The van der Waals surface area contributed by atoms with Gasteiger partial charge in [-0.1, -0.05) is 83.6 Å². The maximum absolute atomic E-state index is 6.18. The molecule has 5 heteroatoms. The summed E-state index contributed by atoms with van der Waals surface area (Å²) in [6, 6.07) is 11.0. The van der Waals surface area contributed by atoms with E-state index in [0.29, 0.717) is 6.61 Å². The van der Waals surface area contributed by atoms with Crippen molar-refractivity contribution >= 4 is 24.8 Å². The normalized spacial score (nSPS) is 17.8. The molecule has 2 nitrogen and oxygen atoms in total. The van der Waals surface area contributed by atoms with Gasteiger partial charge in [-0.3, -0.25) is 0 Å². The van der Waals surface area contributed by atoms with Crippen molar-refractivity contribution in [1.29, 1.82) is 0 Å². The quantitative estimate of drug-likeness (QED) is 0.297. The van der Waals surface area contributed by atoms with Gasteiger partial charge in [0.25, 0.3) is 0 Å². The van der Waals surface area contributed by atoms with Gasteiger partial charge in [-0.15, -0.1) is 11.8 Å². The summed E-state index contributed by atoms with van der Waals surface area (Å²) < 4.78 is 13.7. The molecule has 0 N–H and O–H groups in total. The minimum absolute atomic E-state index is 0. The molecular weight excluding hydrogens is 410 g/mol. The third-order valence-corrected chi connectivity index (χ3v) is 15.7. The number of rotatable bonds is 13. The van der Waals surface area contributed by atoms with E-state index in [2.05, 4.69) is 71.0 Å². The predicted molar refractivity (Wildman–Crippen MR) is 135 cm³/mol. The molecule has 1 saturated heterocycles. The van der Waals surface area contributed by atoms with E-state index in [1.54, 1.807) is 3.77 Å². The van der Waals surface area contributed by atoms with Crippen LogP contribution in [-0.2, 0) is 9.47 Å². The van der Waals surface area contributed by atoms with Gasteiger partial charge in [0.15, 0.2) is 19.4 Å². The molecule has 1 fully saturated rings. The van der Waals surface area contributed by atoms with Crippen LogP contribution in [0.15, 0.2) is 45.1 Å². The third-order valence-electron chi connectivity index (χ3n) is 6.24. The van der Waals surface area contributed by atoms with Crippen LogP contribution >= 0.6 is 11.8 Å². The molecule has 0 aromatic heterocycles. The molecule has 1 atom stereocenters. The second-order valence-corrected chi connectivity index (χ2v) is 16.7. The van der Waals surface area contributed by atoms with E-state index < -0.39 is 13.1 Å². The van der Waals surface area contributed by atoms with E-state index >= 15 is 0 Å². The van der Waals surface area contributed by atoms with Gasteiger partial charge in [-0.25, -0.2) is 0 Å². The molecule has 1 aromatic rings. The van der Waals surface area contributed by atoms with E-state index in [-0.39, 0.29) is 25.2 Å². The van der Waals surface area contributed by atoms with Crippen molar-refractivity contribution in [2.75, 3.05) is 13.2 Å². The first-order chi connectivity index (χ1) is 14.4. The molecule has 1 unspecified atom stereocenters. The summed E-state index contributed by atoms with van der Waals surface area (Å²) in [7, 11) is 0. The largest absolute Gasteiger partial charge is 1.00 e. The molecule has 170 valence electrons. The molecular formula is C26H44AlLiO2S. The summed E-state index contributed by atoms with van der Waals surface area (Å²) in [4.78, 5) is 1.37. The van der Waals surface area contributed by atoms with Crippen LogP contribution in [0.25, 0.3) is 0 Å². The number of benzene rings is 1. The van der Waals surface area contributed by atoms with Gasteiger partial charge in [-0.05, 0) is 31.4 Å². The molecule has 1 aromatic carbocycles. The Morgan fingerprint density at radius 1 is 1.13 bits per heavy atom. The number of hydrogen-bond donors (Lipinski definition) is 0. The fourth-order valence-electron chi connectivity index (χ4n) is 5.23. The Morgan fingerprint density at radius 2 is 1.81 bits per heavy atom. The van der Waals surface area contributed by atoms with Gasteiger partial charge < -0.3 is 9.47 Å². The van der Waals surface area contributed by atoms with Crippen LogP contribution in [0.5, 0.6) is 0 Å². The molecule has 1 aliphatic heterocycles. The molecule has 0 amide bonds. The zero-order chi connectivity index (χ0) is 21.8. The average molecular weight is 455 g/mol. The number of hydrogen-bond acceptors (Lipinski definition) is 3. The van der Waals surface area contributed by atoms with Crippen molar-refractivity contribution in [3.63, 3.8) is 0 Å². The summed E-state index contributed by atoms with van der Waals surface area (Å²) in [6.45, 7) is 13.5. The van der Waals surface area contributed by atoms with Crippen LogP contribution in [0.1, 0.15) is 66.7 Å². The Balaban J connectivity index is 0.00000480. The van der Waals surface area contributed by atoms with Crippen LogP contribution in [0.4, 0.5) is 0 Å². The van der Waals surface area contributed by atoms with E-state index in [9.17, 15) is 0 Å². The van der Waals surface area contributed by atoms with Crippen LogP contribution in [0.2, 0.25) is 15.8 Å².